The van der Waals surface area contributed by atoms with Gasteiger partial charge in [0.05, 0.1) is 0 Å². The standard InChI is InChI=1S/C25H28N4O2/c1-28(18-19-7-3-2-4-8-19)25(31)26-14-11-24(30)29-15-12-20(13-16-29)22-17-27-23-10-6-5-9-21(22)23/h2-10,12,17,27H,11,13-16,18H2,1H3,(H,26,31). The van der Waals surface area contributed by atoms with Gasteiger partial charge in [0.2, 0.25) is 5.91 Å². The van der Waals surface area contributed by atoms with Gasteiger partial charge >= 0.3 is 6.03 Å². The predicted molar refractivity (Wildman–Crippen MR) is 123 cm³/mol. The Kier molecular flexibility index (Phi) is 6.36. The normalized spacial score (nSPS) is 13.7. The molecular weight excluding hydrogens is 388 g/mol. The number of benzene rings is 2. The number of rotatable bonds is 6. The zero-order valence-corrected chi connectivity index (χ0v) is 17.8. The minimum absolute atomic E-state index is 0.0697. The molecule has 2 heterocycles. The molecule has 6 nitrogen and oxygen atoms in total. The monoisotopic (exact) mass is 416 g/mol. The van der Waals surface area contributed by atoms with Crippen molar-refractivity contribution in [3.8, 4) is 0 Å². The maximum Gasteiger partial charge on any atom is 0.317 e. The summed E-state index contributed by atoms with van der Waals surface area (Å²) in [6.07, 6.45) is 5.33. The lowest BCUT2D eigenvalue weighted by Gasteiger charge is -2.27. The lowest BCUT2D eigenvalue weighted by Crippen LogP contribution is -2.40. The molecule has 0 bridgehead atoms. The van der Waals surface area contributed by atoms with Crippen LogP contribution in [0.25, 0.3) is 16.5 Å². The van der Waals surface area contributed by atoms with Gasteiger partial charge in [0, 0.05) is 62.3 Å². The average molecular weight is 417 g/mol. The molecule has 3 amide bonds. The predicted octanol–water partition coefficient (Wildman–Crippen LogP) is 4.02. The van der Waals surface area contributed by atoms with Gasteiger partial charge in [-0.05, 0) is 23.6 Å². The molecule has 0 atom stereocenters. The summed E-state index contributed by atoms with van der Waals surface area (Å²) in [6, 6.07) is 17.9. The topological polar surface area (TPSA) is 68.4 Å². The fourth-order valence-corrected chi connectivity index (χ4v) is 3.98. The molecule has 0 saturated heterocycles. The molecular formula is C25H28N4O2. The maximum absolute atomic E-state index is 12.6. The third kappa shape index (κ3) is 4.97. The molecule has 4 rings (SSSR count). The van der Waals surface area contributed by atoms with Crippen LogP contribution in [0.1, 0.15) is 24.0 Å². The third-order valence-corrected chi connectivity index (χ3v) is 5.72. The first kappa shape index (κ1) is 20.7. The second-order valence-electron chi connectivity index (χ2n) is 7.89. The maximum atomic E-state index is 12.6. The minimum atomic E-state index is -0.170. The number of urea groups is 1. The van der Waals surface area contributed by atoms with Gasteiger partial charge in [-0.3, -0.25) is 4.79 Å². The Bertz CT molecular complexity index is 1090. The van der Waals surface area contributed by atoms with Crippen LogP contribution in [-0.4, -0.2) is 53.4 Å². The average Bonchev–Trinajstić information content (AvgIpc) is 3.24. The van der Waals surface area contributed by atoms with Gasteiger partial charge in [0.1, 0.15) is 0 Å². The van der Waals surface area contributed by atoms with E-state index in [2.05, 4.69) is 34.7 Å². The van der Waals surface area contributed by atoms with Gasteiger partial charge in [-0.25, -0.2) is 4.79 Å². The number of nitrogens with zero attached hydrogens (tertiary/aromatic N) is 2. The molecule has 0 spiro atoms. The molecule has 6 heteroatoms. The number of hydrogen-bond donors (Lipinski definition) is 2. The van der Waals surface area contributed by atoms with E-state index in [1.165, 1.54) is 16.5 Å². The molecule has 2 N–H and O–H groups in total. The molecule has 0 fully saturated rings. The van der Waals surface area contributed by atoms with Crippen molar-refractivity contribution in [3.63, 3.8) is 0 Å². The SMILES string of the molecule is CN(Cc1ccccc1)C(=O)NCCC(=O)N1CC=C(c2c[nH]c3ccccc23)CC1. The lowest BCUT2D eigenvalue weighted by molar-refractivity contribution is -0.130. The van der Waals surface area contributed by atoms with Crippen LogP contribution in [0.15, 0.2) is 66.9 Å². The number of carbonyl (C=O) groups is 2. The number of amides is 3. The first-order valence-corrected chi connectivity index (χ1v) is 10.7. The van der Waals surface area contributed by atoms with Crippen molar-refractivity contribution in [1.29, 1.82) is 0 Å². The molecule has 0 aliphatic carbocycles. The van der Waals surface area contributed by atoms with Gasteiger partial charge in [0.25, 0.3) is 0 Å². The Labute approximate surface area is 182 Å². The quantitative estimate of drug-likeness (QED) is 0.637. The van der Waals surface area contributed by atoms with E-state index < -0.39 is 0 Å². The van der Waals surface area contributed by atoms with Crippen LogP contribution in [0.2, 0.25) is 0 Å². The molecule has 1 aliphatic heterocycles. The largest absolute Gasteiger partial charge is 0.361 e. The second kappa shape index (κ2) is 9.51. The summed E-state index contributed by atoms with van der Waals surface area (Å²) in [7, 11) is 1.76. The highest BCUT2D eigenvalue weighted by Crippen LogP contribution is 2.29. The van der Waals surface area contributed by atoms with Crippen LogP contribution in [0.4, 0.5) is 4.79 Å². The molecule has 31 heavy (non-hydrogen) atoms. The zero-order chi connectivity index (χ0) is 21.6. The highest BCUT2D eigenvalue weighted by molar-refractivity contribution is 5.93. The highest BCUT2D eigenvalue weighted by atomic mass is 16.2. The Morgan fingerprint density at radius 2 is 1.87 bits per heavy atom. The summed E-state index contributed by atoms with van der Waals surface area (Å²) >= 11 is 0. The van der Waals surface area contributed by atoms with Gasteiger partial charge in [-0.1, -0.05) is 54.6 Å². The van der Waals surface area contributed by atoms with Crippen molar-refractivity contribution in [2.75, 3.05) is 26.7 Å². The van der Waals surface area contributed by atoms with Gasteiger partial charge in [-0.15, -0.1) is 0 Å². The molecule has 3 aromatic rings. The summed E-state index contributed by atoms with van der Waals surface area (Å²) in [6.45, 7) is 2.18. The Balaban J connectivity index is 1.24. The molecule has 1 aromatic heterocycles. The van der Waals surface area contributed by atoms with Crippen molar-refractivity contribution in [2.45, 2.75) is 19.4 Å². The number of aromatic amines is 1. The molecule has 1 aliphatic rings. The van der Waals surface area contributed by atoms with E-state index in [0.29, 0.717) is 32.6 Å². The van der Waals surface area contributed by atoms with Gasteiger partial charge < -0.3 is 20.1 Å². The molecule has 0 radical (unpaired) electrons. The van der Waals surface area contributed by atoms with Gasteiger partial charge in [-0.2, -0.15) is 0 Å². The van der Waals surface area contributed by atoms with Crippen LogP contribution in [0.5, 0.6) is 0 Å². The summed E-state index contributed by atoms with van der Waals surface area (Å²) in [5.74, 6) is 0.0697. The molecule has 160 valence electrons. The Hall–Kier alpha value is -3.54. The fourth-order valence-electron chi connectivity index (χ4n) is 3.98. The van der Waals surface area contributed by atoms with Crippen molar-refractivity contribution < 1.29 is 9.59 Å². The number of hydrogen-bond acceptors (Lipinski definition) is 2. The van der Waals surface area contributed by atoms with Gasteiger partial charge in [0.15, 0.2) is 0 Å². The van der Waals surface area contributed by atoms with E-state index in [-0.39, 0.29) is 11.9 Å². The van der Waals surface area contributed by atoms with Crippen molar-refractivity contribution in [3.05, 3.63) is 78.0 Å². The van der Waals surface area contributed by atoms with E-state index in [4.69, 9.17) is 0 Å². The van der Waals surface area contributed by atoms with Crippen LogP contribution in [-0.2, 0) is 11.3 Å². The number of carbonyl (C=O) groups excluding carboxylic acids is 2. The second-order valence-corrected chi connectivity index (χ2v) is 7.89. The van der Waals surface area contributed by atoms with E-state index >= 15 is 0 Å². The third-order valence-electron chi connectivity index (χ3n) is 5.72. The first-order valence-electron chi connectivity index (χ1n) is 10.7. The fraction of sp³-hybridized carbons (Fsp3) is 0.280. The van der Waals surface area contributed by atoms with Crippen LogP contribution in [0, 0.1) is 0 Å². The molecule has 0 unspecified atom stereocenters. The summed E-state index contributed by atoms with van der Waals surface area (Å²) in [5.41, 5.74) is 4.70. The Morgan fingerprint density at radius 3 is 2.65 bits per heavy atom. The van der Waals surface area contributed by atoms with Crippen molar-refractivity contribution in [2.24, 2.45) is 0 Å². The minimum Gasteiger partial charge on any atom is -0.361 e. The molecule has 0 saturated carbocycles. The van der Waals surface area contributed by atoms with E-state index in [1.54, 1.807) is 11.9 Å². The first-order chi connectivity index (χ1) is 15.1. The van der Waals surface area contributed by atoms with E-state index in [9.17, 15) is 9.59 Å². The number of nitrogens with one attached hydrogen (secondary N) is 2. The van der Waals surface area contributed by atoms with E-state index in [0.717, 1.165) is 17.5 Å². The van der Waals surface area contributed by atoms with E-state index in [1.807, 2.05) is 47.4 Å². The lowest BCUT2D eigenvalue weighted by atomic mass is 9.99. The zero-order valence-electron chi connectivity index (χ0n) is 17.8. The molecule has 2 aromatic carbocycles. The summed E-state index contributed by atoms with van der Waals surface area (Å²) in [5, 5.41) is 4.06. The van der Waals surface area contributed by atoms with Crippen LogP contribution in [0.3, 0.4) is 0 Å². The highest BCUT2D eigenvalue weighted by Gasteiger charge is 2.19. The number of aromatic nitrogens is 1. The number of para-hydroxylation sites is 1. The smallest absolute Gasteiger partial charge is 0.317 e. The Morgan fingerprint density at radius 1 is 1.10 bits per heavy atom. The summed E-state index contributed by atoms with van der Waals surface area (Å²) < 4.78 is 0. The van der Waals surface area contributed by atoms with Crippen LogP contribution >= 0.6 is 0 Å². The van der Waals surface area contributed by atoms with Crippen molar-refractivity contribution >= 4 is 28.4 Å². The van der Waals surface area contributed by atoms with Crippen molar-refractivity contribution in [1.82, 2.24) is 20.1 Å². The summed E-state index contributed by atoms with van der Waals surface area (Å²) in [4.78, 5) is 31.6. The van der Waals surface area contributed by atoms with Crippen LogP contribution < -0.4 is 5.32 Å². The number of H-pyrrole nitrogens is 1. The number of fused-ring (bicyclic) bond motifs is 1.